The number of aliphatic hydroxyl groups excluding tert-OH is 1. The van der Waals surface area contributed by atoms with Crippen molar-refractivity contribution in [2.45, 2.75) is 33.2 Å². The molecule has 38 heavy (non-hydrogen) atoms. The Bertz CT molecular complexity index is 1120. The van der Waals surface area contributed by atoms with Crippen LogP contribution in [0, 0.1) is 5.92 Å². The highest BCUT2D eigenvalue weighted by Crippen LogP contribution is 2.40. The zero-order valence-electron chi connectivity index (χ0n) is 22.5. The summed E-state index contributed by atoms with van der Waals surface area (Å²) in [5.74, 6) is 0.321. The summed E-state index contributed by atoms with van der Waals surface area (Å²) in [5, 5.41) is 11.3. The summed E-state index contributed by atoms with van der Waals surface area (Å²) >= 11 is 0. The van der Waals surface area contributed by atoms with Crippen molar-refractivity contribution in [3.8, 4) is 11.5 Å². The van der Waals surface area contributed by atoms with E-state index in [-0.39, 0.29) is 11.3 Å². The zero-order valence-corrected chi connectivity index (χ0v) is 22.5. The van der Waals surface area contributed by atoms with Crippen LogP contribution in [0.5, 0.6) is 11.5 Å². The number of carbonyl (C=O) groups is 2. The predicted octanol–water partition coefficient (Wildman–Crippen LogP) is 4.26. The van der Waals surface area contributed by atoms with E-state index in [2.05, 4.69) is 18.7 Å². The summed E-state index contributed by atoms with van der Waals surface area (Å²) in [7, 11) is 0. The number of hydrogen-bond donors (Lipinski definition) is 1. The Kier molecular flexibility index (Phi) is 9.42. The number of amides is 1. The first-order chi connectivity index (χ1) is 18.4. The average molecular weight is 523 g/mol. The van der Waals surface area contributed by atoms with Gasteiger partial charge in [-0.05, 0) is 61.2 Å². The highest BCUT2D eigenvalue weighted by molar-refractivity contribution is 6.46. The van der Waals surface area contributed by atoms with Gasteiger partial charge in [-0.1, -0.05) is 26.0 Å². The molecule has 2 aromatic rings. The van der Waals surface area contributed by atoms with E-state index in [0.717, 1.165) is 25.2 Å². The van der Waals surface area contributed by atoms with Crippen LogP contribution in [0.15, 0.2) is 54.1 Å². The van der Waals surface area contributed by atoms with Gasteiger partial charge in [0.2, 0.25) is 0 Å². The lowest BCUT2D eigenvalue weighted by Gasteiger charge is -2.29. The van der Waals surface area contributed by atoms with E-state index in [1.807, 2.05) is 31.2 Å². The summed E-state index contributed by atoms with van der Waals surface area (Å²) in [5.41, 5.74) is 1.31. The average Bonchev–Trinajstić information content (AvgIpc) is 3.18. The molecule has 2 aliphatic rings. The summed E-state index contributed by atoms with van der Waals surface area (Å²) in [6, 6.07) is 13.6. The molecule has 204 valence electrons. The smallest absolute Gasteiger partial charge is 0.295 e. The van der Waals surface area contributed by atoms with Gasteiger partial charge in [-0.3, -0.25) is 14.5 Å². The number of benzene rings is 2. The second-order valence-electron chi connectivity index (χ2n) is 10.0. The summed E-state index contributed by atoms with van der Waals surface area (Å²) in [6.07, 6.45) is 0.711. The number of likely N-dealkylation sites (tertiary alicyclic amines) is 1. The Morgan fingerprint density at radius 1 is 0.974 bits per heavy atom. The topological polar surface area (TPSA) is 88.5 Å². The van der Waals surface area contributed by atoms with E-state index in [1.165, 1.54) is 0 Å². The molecule has 1 unspecified atom stereocenters. The number of ketones is 1. The van der Waals surface area contributed by atoms with Crippen LogP contribution in [-0.4, -0.2) is 79.2 Å². The van der Waals surface area contributed by atoms with E-state index < -0.39 is 17.7 Å². The van der Waals surface area contributed by atoms with Crippen molar-refractivity contribution in [1.82, 2.24) is 9.80 Å². The maximum Gasteiger partial charge on any atom is 0.295 e. The number of hydrogen-bond acceptors (Lipinski definition) is 7. The van der Waals surface area contributed by atoms with E-state index in [9.17, 15) is 14.7 Å². The molecule has 0 aromatic heterocycles. The van der Waals surface area contributed by atoms with Gasteiger partial charge >= 0.3 is 0 Å². The third-order valence-corrected chi connectivity index (χ3v) is 6.73. The normalized spacial score (nSPS) is 19.8. The molecule has 1 N–H and O–H groups in total. The van der Waals surface area contributed by atoms with Crippen molar-refractivity contribution in [3.05, 3.63) is 65.2 Å². The van der Waals surface area contributed by atoms with Gasteiger partial charge in [0.05, 0.1) is 38.0 Å². The lowest BCUT2D eigenvalue weighted by atomic mass is 9.95. The number of rotatable bonds is 11. The fourth-order valence-corrected chi connectivity index (χ4v) is 4.79. The number of carbonyl (C=O) groups excluding carboxylic acids is 2. The summed E-state index contributed by atoms with van der Waals surface area (Å²) in [4.78, 5) is 30.4. The van der Waals surface area contributed by atoms with Gasteiger partial charge in [0, 0.05) is 31.7 Å². The third kappa shape index (κ3) is 6.55. The first kappa shape index (κ1) is 27.7. The fraction of sp³-hybridized carbons (Fsp3) is 0.467. The van der Waals surface area contributed by atoms with E-state index in [0.29, 0.717) is 62.4 Å². The van der Waals surface area contributed by atoms with Gasteiger partial charge in [0.1, 0.15) is 17.3 Å². The second-order valence-corrected chi connectivity index (χ2v) is 10.0. The zero-order chi connectivity index (χ0) is 27.1. The Morgan fingerprint density at radius 3 is 2.24 bits per heavy atom. The van der Waals surface area contributed by atoms with Crippen LogP contribution in [0.25, 0.3) is 5.76 Å². The number of aliphatic hydroxyl groups is 1. The highest BCUT2D eigenvalue weighted by Gasteiger charge is 2.45. The van der Waals surface area contributed by atoms with E-state index in [4.69, 9.17) is 14.2 Å². The Labute approximate surface area is 224 Å². The fourth-order valence-electron chi connectivity index (χ4n) is 4.79. The van der Waals surface area contributed by atoms with Crippen molar-refractivity contribution in [3.63, 3.8) is 0 Å². The lowest BCUT2D eigenvalue weighted by molar-refractivity contribution is -0.140. The van der Waals surface area contributed by atoms with Crippen LogP contribution < -0.4 is 9.47 Å². The molecule has 0 aliphatic carbocycles. The van der Waals surface area contributed by atoms with Crippen molar-refractivity contribution in [2.75, 3.05) is 52.6 Å². The maximum atomic E-state index is 13.3. The minimum absolute atomic E-state index is 0.0985. The molecule has 2 aromatic carbocycles. The molecule has 8 nitrogen and oxygen atoms in total. The van der Waals surface area contributed by atoms with Gasteiger partial charge in [0.15, 0.2) is 0 Å². The molecule has 0 radical (unpaired) electrons. The van der Waals surface area contributed by atoms with Crippen molar-refractivity contribution in [2.24, 2.45) is 5.92 Å². The predicted molar refractivity (Wildman–Crippen MR) is 145 cm³/mol. The molecule has 8 heteroatoms. The monoisotopic (exact) mass is 522 g/mol. The number of Topliss-reactive ketones (excluding diaryl/α,β-unsaturated/α-hetero) is 1. The van der Waals surface area contributed by atoms with Crippen LogP contribution in [0.4, 0.5) is 0 Å². The van der Waals surface area contributed by atoms with Crippen LogP contribution in [-0.2, 0) is 14.3 Å². The van der Waals surface area contributed by atoms with Gasteiger partial charge in [-0.15, -0.1) is 0 Å². The summed E-state index contributed by atoms with van der Waals surface area (Å²) in [6.45, 7) is 11.5. The van der Waals surface area contributed by atoms with Gasteiger partial charge in [0.25, 0.3) is 11.7 Å². The number of nitrogens with zero attached hydrogens (tertiary/aromatic N) is 2. The molecular weight excluding hydrogens is 484 g/mol. The molecule has 4 rings (SSSR count). The largest absolute Gasteiger partial charge is 0.507 e. The minimum atomic E-state index is -0.688. The molecule has 1 atom stereocenters. The third-order valence-electron chi connectivity index (χ3n) is 6.73. The lowest BCUT2D eigenvalue weighted by Crippen LogP contribution is -2.38. The van der Waals surface area contributed by atoms with E-state index in [1.54, 1.807) is 29.2 Å². The van der Waals surface area contributed by atoms with Crippen LogP contribution in [0.3, 0.4) is 0 Å². The number of ether oxygens (including phenoxy) is 3. The Balaban J connectivity index is 1.62. The first-order valence-corrected chi connectivity index (χ1v) is 13.4. The Hall–Kier alpha value is -3.36. The first-order valence-electron chi connectivity index (χ1n) is 13.4. The second kappa shape index (κ2) is 12.9. The minimum Gasteiger partial charge on any atom is -0.507 e. The number of morpholine rings is 1. The highest BCUT2D eigenvalue weighted by atomic mass is 16.5. The van der Waals surface area contributed by atoms with Crippen LogP contribution in [0.1, 0.15) is 44.4 Å². The van der Waals surface area contributed by atoms with Gasteiger partial charge in [-0.2, -0.15) is 0 Å². The molecule has 2 fully saturated rings. The van der Waals surface area contributed by atoms with Crippen molar-refractivity contribution < 1.29 is 28.9 Å². The van der Waals surface area contributed by atoms with E-state index >= 15 is 0 Å². The molecule has 2 aliphatic heterocycles. The molecule has 1 amide bonds. The van der Waals surface area contributed by atoms with Gasteiger partial charge in [-0.25, -0.2) is 0 Å². The molecule has 0 bridgehead atoms. The Morgan fingerprint density at radius 2 is 1.61 bits per heavy atom. The maximum absolute atomic E-state index is 13.3. The quantitative estimate of drug-likeness (QED) is 0.268. The molecule has 2 saturated heterocycles. The molecule has 2 heterocycles. The SMILES string of the molecule is CCOc1ccc(C2/C(=C(\O)c3ccc(OCC(C)C)cc3)C(=O)C(=O)N2CCCN2CCOCC2)cc1. The molecular formula is C30H38N2O6. The standard InChI is InChI=1S/C30H38N2O6/c1-4-37-24-10-6-22(7-11-24)27-26(28(33)23-8-12-25(13-9-23)38-20-21(2)3)29(34)30(35)32(27)15-5-14-31-16-18-36-19-17-31/h6-13,21,27,33H,4-5,14-20H2,1-3H3/b28-26+. The van der Waals surface area contributed by atoms with Crippen LogP contribution >= 0.6 is 0 Å². The van der Waals surface area contributed by atoms with Crippen molar-refractivity contribution >= 4 is 17.4 Å². The van der Waals surface area contributed by atoms with Crippen molar-refractivity contribution in [1.29, 1.82) is 0 Å². The van der Waals surface area contributed by atoms with Gasteiger partial charge < -0.3 is 24.2 Å². The summed E-state index contributed by atoms with van der Waals surface area (Å²) < 4.78 is 16.7. The molecule has 0 saturated carbocycles. The van der Waals surface area contributed by atoms with Crippen LogP contribution in [0.2, 0.25) is 0 Å². The molecule has 0 spiro atoms.